The topological polar surface area (TPSA) is 144 Å². The zero-order valence-electron chi connectivity index (χ0n) is 34.6. The monoisotopic (exact) mass is 836 g/mol. The molecule has 0 aliphatic carbocycles. The quantitative estimate of drug-likeness (QED) is 0.136. The lowest BCUT2D eigenvalue weighted by atomic mass is 9.90. The van der Waals surface area contributed by atoms with Gasteiger partial charge in [-0.05, 0) is 105 Å². The Morgan fingerprint density at radius 1 is 0.902 bits per heavy atom. The van der Waals surface area contributed by atoms with E-state index in [1.54, 1.807) is 10.9 Å². The van der Waals surface area contributed by atoms with Gasteiger partial charge in [0.05, 0.1) is 29.9 Å². The highest BCUT2D eigenvalue weighted by Gasteiger charge is 2.51. The Morgan fingerprint density at radius 3 is 2.34 bits per heavy atom. The molecule has 3 saturated heterocycles. The van der Waals surface area contributed by atoms with Crippen molar-refractivity contribution in [1.29, 1.82) is 0 Å². The zero-order chi connectivity index (χ0) is 42.9. The van der Waals surface area contributed by atoms with E-state index in [0.29, 0.717) is 24.4 Å². The first kappa shape index (κ1) is 41.8. The maximum atomic E-state index is 13.4. The van der Waals surface area contributed by atoms with E-state index in [-0.39, 0.29) is 30.1 Å². The molecule has 3 aliphatic rings. The predicted molar refractivity (Wildman–Crippen MR) is 224 cm³/mol. The molecule has 3 fully saturated rings. The number of aryl methyl sites for hydroxylation is 1. The summed E-state index contributed by atoms with van der Waals surface area (Å²) in [4.78, 5) is 48.5. The smallest absolute Gasteiger partial charge is 0.369 e. The van der Waals surface area contributed by atoms with Crippen LogP contribution in [0.5, 0.6) is 0 Å². The SMILES string of the molecule is Cc1cc(-c2ccc(CN3CCC(N4CCN(c5cccc(C6CCC(=O)NC6=O)c5)CC4)CC3)cc2)ccc1-n1cc(C(=O)NCc2nc(C(C)(C)C(F)(F)F)n[nH]2)cn1. The Kier molecular flexibility index (Phi) is 11.8. The molecule has 0 radical (unpaired) electrons. The number of imide groups is 1. The molecule has 3 amide bonds. The minimum absolute atomic E-state index is 0.116. The van der Waals surface area contributed by atoms with Gasteiger partial charge in [0.25, 0.3) is 5.91 Å². The lowest BCUT2D eigenvalue weighted by Crippen LogP contribution is -2.53. The number of aromatic nitrogens is 5. The molecule has 5 heterocycles. The van der Waals surface area contributed by atoms with Crippen LogP contribution in [-0.2, 0) is 28.1 Å². The molecule has 2 aromatic heterocycles. The van der Waals surface area contributed by atoms with Gasteiger partial charge in [-0.2, -0.15) is 23.4 Å². The summed E-state index contributed by atoms with van der Waals surface area (Å²) in [7, 11) is 0. The van der Waals surface area contributed by atoms with E-state index in [2.05, 4.69) is 88.1 Å². The van der Waals surface area contributed by atoms with Gasteiger partial charge in [0.1, 0.15) is 11.2 Å². The van der Waals surface area contributed by atoms with Crippen LogP contribution < -0.4 is 15.5 Å². The Balaban J connectivity index is 0.789. The summed E-state index contributed by atoms with van der Waals surface area (Å²) in [5.41, 5.74) is 5.43. The van der Waals surface area contributed by atoms with Crippen LogP contribution in [0.2, 0.25) is 0 Å². The number of nitrogens with one attached hydrogen (secondary N) is 3. The van der Waals surface area contributed by atoms with Gasteiger partial charge in [-0.25, -0.2) is 9.67 Å². The molecule has 0 bridgehead atoms. The second kappa shape index (κ2) is 17.2. The fourth-order valence-corrected chi connectivity index (χ4v) is 8.51. The molecule has 5 aromatic rings. The van der Waals surface area contributed by atoms with Gasteiger partial charge in [0.2, 0.25) is 11.8 Å². The standard InChI is InChI=1S/C45H51F3N10O3/c1-29-23-32(11-13-38(29)58-28-34(25-50-58)41(60)49-26-39-51-43(54-53-39)44(2,3)45(46,47)48)31-9-7-30(8-10-31)27-55-17-15-35(16-18-55)56-19-21-57(22-20-56)36-6-4-5-33(24-36)37-12-14-40(59)52-42(37)61/h4-11,13,23-25,28,35,37H,12,14-22,26-27H2,1-3H3,(H,49,60)(H,51,53,54)(H,52,59,61). The van der Waals surface area contributed by atoms with E-state index in [1.165, 1.54) is 11.8 Å². The number of piperidine rings is 2. The van der Waals surface area contributed by atoms with Crippen LogP contribution in [0.1, 0.15) is 84.1 Å². The highest BCUT2D eigenvalue weighted by atomic mass is 19.4. The van der Waals surface area contributed by atoms with Gasteiger partial charge >= 0.3 is 6.18 Å². The molecular weight excluding hydrogens is 786 g/mol. The second-order valence-corrected chi connectivity index (χ2v) is 16.9. The number of benzene rings is 3. The Labute approximate surface area is 352 Å². The third-order valence-corrected chi connectivity index (χ3v) is 12.5. The van der Waals surface area contributed by atoms with Crippen molar-refractivity contribution in [1.82, 2.24) is 45.4 Å². The van der Waals surface area contributed by atoms with Crippen LogP contribution in [0.15, 0.2) is 79.1 Å². The van der Waals surface area contributed by atoms with Gasteiger partial charge in [-0.1, -0.05) is 42.5 Å². The van der Waals surface area contributed by atoms with E-state index in [9.17, 15) is 27.6 Å². The maximum Gasteiger partial charge on any atom is 0.401 e. The third-order valence-electron chi connectivity index (χ3n) is 12.5. The van der Waals surface area contributed by atoms with Gasteiger partial charge in [0.15, 0.2) is 5.82 Å². The number of carbonyl (C=O) groups is 3. The molecule has 8 rings (SSSR count). The summed E-state index contributed by atoms with van der Waals surface area (Å²) in [6.07, 6.45) is 1.77. The number of likely N-dealkylation sites (tertiary alicyclic amines) is 1. The lowest BCUT2D eigenvalue weighted by Gasteiger charge is -2.43. The van der Waals surface area contributed by atoms with Crippen molar-refractivity contribution >= 4 is 23.4 Å². The number of alkyl halides is 3. The van der Waals surface area contributed by atoms with Crippen molar-refractivity contribution in [3.05, 3.63) is 113 Å². The number of hydrogen-bond donors (Lipinski definition) is 3. The van der Waals surface area contributed by atoms with E-state index in [0.717, 1.165) is 106 Å². The summed E-state index contributed by atoms with van der Waals surface area (Å²) in [6.45, 7) is 10.8. The third kappa shape index (κ3) is 9.25. The first-order valence-electron chi connectivity index (χ1n) is 20.9. The van der Waals surface area contributed by atoms with E-state index >= 15 is 0 Å². The number of aromatic amines is 1. The molecule has 13 nitrogen and oxygen atoms in total. The lowest BCUT2D eigenvalue weighted by molar-refractivity contribution is -0.182. The largest absolute Gasteiger partial charge is 0.401 e. The Morgan fingerprint density at radius 2 is 1.64 bits per heavy atom. The van der Waals surface area contributed by atoms with Gasteiger partial charge in [0, 0.05) is 57.1 Å². The molecule has 320 valence electrons. The van der Waals surface area contributed by atoms with Crippen LogP contribution in [0.3, 0.4) is 0 Å². The van der Waals surface area contributed by atoms with Gasteiger partial charge < -0.3 is 10.2 Å². The van der Waals surface area contributed by atoms with Crippen LogP contribution in [0.4, 0.5) is 18.9 Å². The number of rotatable bonds is 11. The van der Waals surface area contributed by atoms with E-state index in [4.69, 9.17) is 0 Å². The number of H-pyrrole nitrogens is 1. The number of hydrogen-bond acceptors (Lipinski definition) is 9. The molecule has 0 saturated carbocycles. The van der Waals surface area contributed by atoms with Crippen molar-refractivity contribution < 1.29 is 27.6 Å². The van der Waals surface area contributed by atoms with Gasteiger partial charge in [-0.3, -0.25) is 34.6 Å². The normalized spacial score (nSPS) is 18.7. The zero-order valence-corrected chi connectivity index (χ0v) is 34.6. The van der Waals surface area contributed by atoms with Crippen molar-refractivity contribution in [2.45, 2.75) is 83.1 Å². The van der Waals surface area contributed by atoms with Crippen molar-refractivity contribution in [2.24, 2.45) is 0 Å². The summed E-state index contributed by atoms with van der Waals surface area (Å²) < 4.78 is 41.8. The molecule has 3 aromatic carbocycles. The molecule has 3 aliphatic heterocycles. The van der Waals surface area contributed by atoms with E-state index in [1.807, 2.05) is 31.2 Å². The predicted octanol–water partition coefficient (Wildman–Crippen LogP) is 6.04. The minimum atomic E-state index is -4.52. The molecule has 3 N–H and O–H groups in total. The first-order valence-corrected chi connectivity index (χ1v) is 20.9. The highest BCUT2D eigenvalue weighted by molar-refractivity contribution is 6.01. The van der Waals surface area contributed by atoms with Crippen LogP contribution >= 0.6 is 0 Å². The summed E-state index contributed by atoms with van der Waals surface area (Å²) in [5, 5.41) is 15.7. The number of nitrogens with zero attached hydrogens (tertiary/aromatic N) is 7. The first-order chi connectivity index (χ1) is 29.2. The maximum absolute atomic E-state index is 13.4. The number of piperazine rings is 1. The number of halogens is 3. The average molecular weight is 837 g/mol. The molecule has 1 unspecified atom stereocenters. The van der Waals surface area contributed by atoms with Crippen LogP contribution in [0.25, 0.3) is 16.8 Å². The summed E-state index contributed by atoms with van der Waals surface area (Å²) >= 11 is 0. The molecule has 61 heavy (non-hydrogen) atoms. The molecule has 16 heteroatoms. The minimum Gasteiger partial charge on any atom is -0.369 e. The van der Waals surface area contributed by atoms with Crippen LogP contribution in [0, 0.1) is 6.92 Å². The summed E-state index contributed by atoms with van der Waals surface area (Å²) in [6, 6.07) is 23.7. The molecule has 0 spiro atoms. The highest BCUT2D eigenvalue weighted by Crippen LogP contribution is 2.38. The second-order valence-electron chi connectivity index (χ2n) is 16.9. The number of anilines is 1. The van der Waals surface area contributed by atoms with E-state index < -0.39 is 23.3 Å². The number of carbonyl (C=O) groups excluding carboxylic acids is 3. The van der Waals surface area contributed by atoms with Crippen molar-refractivity contribution in [3.63, 3.8) is 0 Å². The number of amides is 3. The van der Waals surface area contributed by atoms with Crippen molar-refractivity contribution in [2.75, 3.05) is 44.2 Å². The molecular formula is C45H51F3N10O3. The fraction of sp³-hybridized carbons (Fsp3) is 0.422. The molecule has 1 atom stereocenters. The Hall–Kier alpha value is -5.87. The average Bonchev–Trinajstić information content (AvgIpc) is 3.95. The fourth-order valence-electron chi connectivity index (χ4n) is 8.51. The van der Waals surface area contributed by atoms with Crippen molar-refractivity contribution in [3.8, 4) is 16.8 Å². The van der Waals surface area contributed by atoms with Crippen LogP contribution in [-0.4, -0.2) is 104 Å². The summed E-state index contributed by atoms with van der Waals surface area (Å²) in [5.74, 6) is -1.37. The Bertz CT molecular complexity index is 2370. The van der Waals surface area contributed by atoms with Gasteiger partial charge in [-0.15, -0.1) is 0 Å².